The van der Waals surface area contributed by atoms with Gasteiger partial charge in [0, 0.05) is 0 Å². The average molecular weight is 84.1 g/mol. The van der Waals surface area contributed by atoms with Crippen LogP contribution in [0.4, 0.5) is 0 Å². The molecule has 6 heavy (non-hydrogen) atoms. The van der Waals surface area contributed by atoms with Crippen LogP contribution in [0.1, 0.15) is 6.92 Å². The highest BCUT2D eigenvalue weighted by atomic mass is 14.8. The third kappa shape index (κ3) is 3.70. The van der Waals surface area contributed by atoms with E-state index in [1.165, 1.54) is 0 Å². The van der Waals surface area contributed by atoms with Crippen molar-refractivity contribution in [3.8, 4) is 0 Å². The zero-order valence-electron chi connectivity index (χ0n) is 4.36. The first-order chi connectivity index (χ1) is 2.77. The minimum Gasteiger partial charge on any atom is -0.662 e. The zero-order chi connectivity index (χ0) is 4.99. The van der Waals surface area contributed by atoms with E-state index in [4.69, 9.17) is 0 Å². The molecule has 0 aliphatic rings. The molecule has 0 saturated heterocycles. The van der Waals surface area contributed by atoms with Gasteiger partial charge in [0.2, 0.25) is 0 Å². The van der Waals surface area contributed by atoms with E-state index >= 15 is 0 Å². The molecule has 0 aromatic rings. The molecule has 0 rings (SSSR count). The summed E-state index contributed by atoms with van der Waals surface area (Å²) in [5.74, 6) is 0. The molecular weight excluding hydrogens is 74.1 g/mol. The van der Waals surface area contributed by atoms with Gasteiger partial charge in [-0.25, -0.2) is 0 Å². The molecule has 0 aromatic carbocycles. The molecule has 0 N–H and O–H groups in total. The summed E-state index contributed by atoms with van der Waals surface area (Å²) in [6, 6.07) is 0. The highest BCUT2D eigenvalue weighted by Gasteiger charge is 1.63. The van der Waals surface area contributed by atoms with Crippen LogP contribution in [0.2, 0.25) is 0 Å². The van der Waals surface area contributed by atoms with Gasteiger partial charge in [-0.05, 0) is 6.92 Å². The van der Waals surface area contributed by atoms with Crippen molar-refractivity contribution in [1.82, 2.24) is 0 Å². The van der Waals surface area contributed by atoms with Crippen LogP contribution in [0.5, 0.6) is 0 Å². The van der Waals surface area contributed by atoms with Gasteiger partial charge < -0.3 is 5.32 Å². The van der Waals surface area contributed by atoms with Crippen molar-refractivity contribution in [2.75, 3.05) is 13.6 Å². The number of hydrogen-bond donors (Lipinski definition) is 0. The van der Waals surface area contributed by atoms with Gasteiger partial charge in [-0.3, -0.25) is 0 Å². The van der Waals surface area contributed by atoms with Gasteiger partial charge in [0.25, 0.3) is 0 Å². The highest BCUT2D eigenvalue weighted by Crippen LogP contribution is 1.88. The van der Waals surface area contributed by atoms with Crippen LogP contribution in [-0.2, 0) is 0 Å². The summed E-state index contributed by atoms with van der Waals surface area (Å²) in [6.07, 6.45) is 0. The third-order valence-corrected chi connectivity index (χ3v) is 0.428. The predicted octanol–water partition coefficient (Wildman–Crippen LogP) is 1.57. The number of nitrogens with zero attached hydrogens (tertiary/aromatic N) is 1. The van der Waals surface area contributed by atoms with Crippen molar-refractivity contribution in [3.63, 3.8) is 0 Å². The standard InChI is InChI=1S/C5H10N/c1-5(2)4-6-3/h1,4H2,2-3H3/q-1. The minimum absolute atomic E-state index is 0.806. The van der Waals surface area contributed by atoms with Crippen molar-refractivity contribution in [1.29, 1.82) is 0 Å². The summed E-state index contributed by atoms with van der Waals surface area (Å²) in [7, 11) is 1.79. The van der Waals surface area contributed by atoms with Crippen molar-refractivity contribution in [2.45, 2.75) is 6.92 Å². The van der Waals surface area contributed by atoms with Crippen molar-refractivity contribution >= 4 is 0 Å². The van der Waals surface area contributed by atoms with Gasteiger partial charge in [-0.2, -0.15) is 7.05 Å². The average Bonchev–Trinajstić information content (AvgIpc) is 1.35. The molecule has 0 aromatic heterocycles. The Kier molecular flexibility index (Phi) is 2.77. The second-order valence-electron chi connectivity index (χ2n) is 1.43. The molecule has 0 atom stereocenters. The molecule has 0 saturated carbocycles. The van der Waals surface area contributed by atoms with E-state index in [0.29, 0.717) is 0 Å². The first-order valence-corrected chi connectivity index (χ1v) is 1.97. The number of rotatable bonds is 2. The van der Waals surface area contributed by atoms with E-state index in [9.17, 15) is 0 Å². The van der Waals surface area contributed by atoms with Crippen LogP contribution in [-0.4, -0.2) is 13.6 Å². The summed E-state index contributed by atoms with van der Waals surface area (Å²) < 4.78 is 0. The second kappa shape index (κ2) is 2.91. The molecule has 36 valence electrons. The minimum atomic E-state index is 0.806. The van der Waals surface area contributed by atoms with Gasteiger partial charge in [0.05, 0.1) is 0 Å². The van der Waals surface area contributed by atoms with Crippen LogP contribution in [0.25, 0.3) is 5.32 Å². The maximum atomic E-state index is 3.84. The fourth-order valence-corrected chi connectivity index (χ4v) is 0.270. The summed E-state index contributed by atoms with van der Waals surface area (Å²) in [6.45, 7) is 6.42. The molecule has 0 unspecified atom stereocenters. The fourth-order valence-electron chi connectivity index (χ4n) is 0.270. The molecule has 1 heteroatoms. The van der Waals surface area contributed by atoms with Crippen LogP contribution in [0, 0.1) is 0 Å². The van der Waals surface area contributed by atoms with E-state index < -0.39 is 0 Å². The van der Waals surface area contributed by atoms with Crippen molar-refractivity contribution in [2.24, 2.45) is 0 Å². The summed E-state index contributed by atoms with van der Waals surface area (Å²) in [4.78, 5) is 0. The number of likely N-dealkylation sites (N-methyl/N-ethyl adjacent to an activating group) is 1. The molecule has 0 radical (unpaired) electrons. The Bertz CT molecular complexity index is 47.9. The Hall–Kier alpha value is -0.300. The van der Waals surface area contributed by atoms with Crippen molar-refractivity contribution in [3.05, 3.63) is 17.5 Å². The van der Waals surface area contributed by atoms with E-state index in [2.05, 4.69) is 11.9 Å². The van der Waals surface area contributed by atoms with E-state index in [0.717, 1.165) is 12.1 Å². The first kappa shape index (κ1) is 5.70. The molecule has 0 aliphatic carbocycles. The van der Waals surface area contributed by atoms with Gasteiger partial charge in [-0.1, -0.05) is 0 Å². The largest absolute Gasteiger partial charge is 0.662 e. The maximum absolute atomic E-state index is 3.84. The van der Waals surface area contributed by atoms with Gasteiger partial charge in [0.15, 0.2) is 0 Å². The van der Waals surface area contributed by atoms with Gasteiger partial charge in [0.1, 0.15) is 0 Å². The lowest BCUT2D eigenvalue weighted by atomic mass is 10.4. The second-order valence-corrected chi connectivity index (χ2v) is 1.43. The Morgan fingerprint density at radius 1 is 1.83 bits per heavy atom. The lowest BCUT2D eigenvalue weighted by Gasteiger charge is -2.07. The zero-order valence-corrected chi connectivity index (χ0v) is 4.36. The fraction of sp³-hybridized carbons (Fsp3) is 0.600. The lowest BCUT2D eigenvalue weighted by Crippen LogP contribution is -1.77. The first-order valence-electron chi connectivity index (χ1n) is 1.97. The van der Waals surface area contributed by atoms with Crippen LogP contribution in [0.15, 0.2) is 12.2 Å². The van der Waals surface area contributed by atoms with E-state index in [1.807, 2.05) is 6.92 Å². The Morgan fingerprint density at radius 3 is 2.33 bits per heavy atom. The molecule has 0 amide bonds. The molecule has 0 spiro atoms. The van der Waals surface area contributed by atoms with Crippen LogP contribution < -0.4 is 0 Å². The van der Waals surface area contributed by atoms with E-state index in [1.54, 1.807) is 7.05 Å². The molecule has 0 aliphatic heterocycles. The monoisotopic (exact) mass is 84.1 g/mol. The summed E-state index contributed by atoms with van der Waals surface area (Å²) in [5.41, 5.74) is 1.12. The Morgan fingerprint density at radius 2 is 2.33 bits per heavy atom. The van der Waals surface area contributed by atoms with Gasteiger partial charge >= 0.3 is 0 Å². The Balaban J connectivity index is 2.83. The quantitative estimate of drug-likeness (QED) is 0.451. The smallest absolute Gasteiger partial charge is 0.0459 e. The lowest BCUT2D eigenvalue weighted by molar-refractivity contribution is 1.25. The normalized spacial score (nSPS) is 8.33. The maximum Gasteiger partial charge on any atom is -0.0459 e. The molecule has 0 heterocycles. The predicted molar refractivity (Wildman–Crippen MR) is 29.0 cm³/mol. The van der Waals surface area contributed by atoms with Crippen molar-refractivity contribution < 1.29 is 0 Å². The highest BCUT2D eigenvalue weighted by molar-refractivity contribution is 4.98. The summed E-state index contributed by atoms with van der Waals surface area (Å²) >= 11 is 0. The molecule has 0 bridgehead atoms. The molecular formula is C5H10N-. The van der Waals surface area contributed by atoms with E-state index in [-0.39, 0.29) is 0 Å². The number of hydrogen-bond acceptors (Lipinski definition) is 0. The SMILES string of the molecule is C=C(C)C[N-]C. The van der Waals surface area contributed by atoms with Crippen LogP contribution >= 0.6 is 0 Å². The topological polar surface area (TPSA) is 14.1 Å². The molecule has 0 fully saturated rings. The summed E-state index contributed by atoms with van der Waals surface area (Å²) in [5, 5.41) is 3.84. The molecule has 1 nitrogen and oxygen atoms in total. The third-order valence-electron chi connectivity index (χ3n) is 0.428. The van der Waals surface area contributed by atoms with Crippen LogP contribution in [0.3, 0.4) is 0 Å². The van der Waals surface area contributed by atoms with Gasteiger partial charge in [-0.15, -0.1) is 18.7 Å². The Labute approximate surface area is 39.1 Å².